The molecular formula is C20H21ClN2O2S. The van der Waals surface area contributed by atoms with Crippen molar-refractivity contribution in [1.29, 1.82) is 0 Å². The van der Waals surface area contributed by atoms with Crippen LogP contribution in [0.1, 0.15) is 49.8 Å². The first kappa shape index (κ1) is 17.7. The number of nitrogens with zero attached hydrogens (tertiary/aromatic N) is 1. The lowest BCUT2D eigenvalue weighted by atomic mass is 9.81. The van der Waals surface area contributed by atoms with Crippen molar-refractivity contribution >= 4 is 32.8 Å². The summed E-state index contributed by atoms with van der Waals surface area (Å²) in [5.41, 5.74) is 4.86. The van der Waals surface area contributed by atoms with Crippen LogP contribution < -0.4 is 5.14 Å². The van der Waals surface area contributed by atoms with E-state index in [2.05, 4.69) is 4.98 Å². The van der Waals surface area contributed by atoms with Crippen molar-refractivity contribution in [2.45, 2.75) is 43.4 Å². The van der Waals surface area contributed by atoms with Gasteiger partial charge in [0.2, 0.25) is 10.0 Å². The molecule has 2 aliphatic carbocycles. The maximum absolute atomic E-state index is 11.5. The average molecular weight is 389 g/mol. The van der Waals surface area contributed by atoms with Crippen LogP contribution in [0.15, 0.2) is 47.5 Å². The molecule has 1 spiro atoms. The number of rotatable bonds is 3. The molecule has 1 aromatic heterocycles. The first-order valence-electron chi connectivity index (χ1n) is 8.84. The Bertz CT molecular complexity index is 958. The largest absolute Gasteiger partial charge is 0.255 e. The first-order chi connectivity index (χ1) is 12.4. The molecule has 1 fully saturated rings. The number of pyridine rings is 1. The summed E-state index contributed by atoms with van der Waals surface area (Å²) in [6.07, 6.45) is 8.75. The van der Waals surface area contributed by atoms with Crippen LogP contribution in [-0.2, 0) is 10.0 Å². The van der Waals surface area contributed by atoms with Gasteiger partial charge in [0.15, 0.2) is 0 Å². The fourth-order valence-corrected chi connectivity index (χ4v) is 5.05. The van der Waals surface area contributed by atoms with Crippen molar-refractivity contribution in [1.82, 2.24) is 4.98 Å². The molecule has 1 heterocycles. The standard InChI is InChI=1S/C20H21ClN2O2S/c21-15-5-8-19(23-13-15)18-12-20(9-1-2-10-20)11-17(18)14-3-6-16(7-4-14)26(22,24)25/h3-8,13H,1-2,9-12H2,(H2,22,24,25). The van der Waals surface area contributed by atoms with Crippen LogP contribution in [-0.4, -0.2) is 13.4 Å². The molecule has 6 heteroatoms. The van der Waals surface area contributed by atoms with E-state index < -0.39 is 10.0 Å². The van der Waals surface area contributed by atoms with Gasteiger partial charge in [-0.2, -0.15) is 0 Å². The second kappa shape index (κ2) is 6.48. The number of nitrogens with two attached hydrogens (primary N) is 1. The Morgan fingerprint density at radius 1 is 0.962 bits per heavy atom. The molecule has 2 aliphatic rings. The molecule has 0 bridgehead atoms. The van der Waals surface area contributed by atoms with Crippen LogP contribution in [0.2, 0.25) is 5.02 Å². The molecule has 1 aromatic carbocycles. The Kier molecular flexibility index (Phi) is 4.41. The van der Waals surface area contributed by atoms with E-state index in [4.69, 9.17) is 16.7 Å². The van der Waals surface area contributed by atoms with Gasteiger partial charge in [0.1, 0.15) is 0 Å². The Labute approximate surface area is 159 Å². The summed E-state index contributed by atoms with van der Waals surface area (Å²) in [7, 11) is -3.68. The van der Waals surface area contributed by atoms with Gasteiger partial charge in [-0.15, -0.1) is 0 Å². The van der Waals surface area contributed by atoms with E-state index in [9.17, 15) is 8.42 Å². The van der Waals surface area contributed by atoms with Crippen LogP contribution >= 0.6 is 11.6 Å². The van der Waals surface area contributed by atoms with E-state index in [-0.39, 0.29) is 4.90 Å². The van der Waals surface area contributed by atoms with Crippen LogP contribution in [0.5, 0.6) is 0 Å². The summed E-state index contributed by atoms with van der Waals surface area (Å²) in [5, 5.41) is 5.85. The molecule has 4 nitrogen and oxygen atoms in total. The summed E-state index contributed by atoms with van der Waals surface area (Å²) in [4.78, 5) is 4.68. The number of aromatic nitrogens is 1. The third-order valence-electron chi connectivity index (χ3n) is 5.70. The van der Waals surface area contributed by atoms with Crippen LogP contribution in [0, 0.1) is 5.41 Å². The highest BCUT2D eigenvalue weighted by atomic mass is 35.5. The Balaban J connectivity index is 1.78. The molecule has 0 amide bonds. The first-order valence-corrected chi connectivity index (χ1v) is 10.8. The molecule has 0 aliphatic heterocycles. The maximum Gasteiger partial charge on any atom is 0.238 e. The fourth-order valence-electron chi connectivity index (χ4n) is 4.43. The lowest BCUT2D eigenvalue weighted by Crippen LogP contribution is -2.12. The average Bonchev–Trinajstić information content (AvgIpc) is 3.22. The van der Waals surface area contributed by atoms with Crippen molar-refractivity contribution in [2.24, 2.45) is 10.6 Å². The number of primary sulfonamides is 1. The van der Waals surface area contributed by atoms with Crippen LogP contribution in [0.4, 0.5) is 0 Å². The molecule has 0 saturated heterocycles. The molecule has 26 heavy (non-hydrogen) atoms. The zero-order chi connectivity index (χ0) is 18.4. The maximum atomic E-state index is 11.5. The van der Waals surface area contributed by atoms with Crippen molar-refractivity contribution in [3.8, 4) is 0 Å². The van der Waals surface area contributed by atoms with Crippen molar-refractivity contribution in [3.63, 3.8) is 0 Å². The van der Waals surface area contributed by atoms with E-state index in [1.807, 2.05) is 24.3 Å². The van der Waals surface area contributed by atoms with Crippen LogP contribution in [0.3, 0.4) is 0 Å². The molecular weight excluding hydrogens is 368 g/mol. The van der Waals surface area contributed by atoms with Gasteiger partial charge in [-0.3, -0.25) is 4.98 Å². The second-order valence-corrected chi connectivity index (χ2v) is 9.45. The molecule has 0 atom stereocenters. The summed E-state index contributed by atoms with van der Waals surface area (Å²) in [6.45, 7) is 0. The van der Waals surface area contributed by atoms with Gasteiger partial charge < -0.3 is 0 Å². The molecule has 2 aromatic rings. The zero-order valence-corrected chi connectivity index (χ0v) is 16.0. The van der Waals surface area contributed by atoms with Gasteiger partial charge in [0.05, 0.1) is 15.6 Å². The van der Waals surface area contributed by atoms with E-state index in [1.165, 1.54) is 36.8 Å². The van der Waals surface area contributed by atoms with Crippen molar-refractivity contribution in [2.75, 3.05) is 0 Å². The van der Waals surface area contributed by atoms with E-state index in [1.54, 1.807) is 18.3 Å². The highest BCUT2D eigenvalue weighted by Crippen LogP contribution is 2.57. The smallest absolute Gasteiger partial charge is 0.238 e. The predicted octanol–water partition coefficient (Wildman–Crippen LogP) is 4.65. The summed E-state index contributed by atoms with van der Waals surface area (Å²) in [5.74, 6) is 0. The van der Waals surface area contributed by atoms with E-state index >= 15 is 0 Å². The zero-order valence-electron chi connectivity index (χ0n) is 14.4. The monoisotopic (exact) mass is 388 g/mol. The number of sulfonamides is 1. The van der Waals surface area contributed by atoms with Gasteiger partial charge in [0, 0.05) is 6.20 Å². The van der Waals surface area contributed by atoms with Crippen molar-refractivity contribution in [3.05, 3.63) is 58.9 Å². The minimum absolute atomic E-state index is 0.140. The lowest BCUT2D eigenvalue weighted by Gasteiger charge is -2.23. The van der Waals surface area contributed by atoms with Gasteiger partial charge >= 0.3 is 0 Å². The molecule has 136 valence electrons. The molecule has 1 saturated carbocycles. The van der Waals surface area contributed by atoms with Crippen molar-refractivity contribution < 1.29 is 8.42 Å². The van der Waals surface area contributed by atoms with Gasteiger partial charge in [-0.05, 0) is 72.1 Å². The Hall–Kier alpha value is -1.69. The lowest BCUT2D eigenvalue weighted by molar-refractivity contribution is 0.329. The topological polar surface area (TPSA) is 73.1 Å². The highest BCUT2D eigenvalue weighted by Gasteiger charge is 2.41. The van der Waals surface area contributed by atoms with E-state index in [0.29, 0.717) is 10.4 Å². The third kappa shape index (κ3) is 3.31. The third-order valence-corrected chi connectivity index (χ3v) is 6.85. The summed E-state index contributed by atoms with van der Waals surface area (Å²) < 4.78 is 23.1. The number of halogens is 1. The minimum atomic E-state index is -3.68. The molecule has 0 unspecified atom stereocenters. The summed E-state index contributed by atoms with van der Waals surface area (Å²) in [6, 6.07) is 10.7. The number of allylic oxidation sites excluding steroid dienone is 2. The number of hydrogen-bond donors (Lipinski definition) is 1. The van der Waals surface area contributed by atoms with Gasteiger partial charge in [0.25, 0.3) is 0 Å². The molecule has 2 N–H and O–H groups in total. The van der Waals surface area contributed by atoms with E-state index in [0.717, 1.165) is 24.1 Å². The predicted molar refractivity (Wildman–Crippen MR) is 104 cm³/mol. The number of hydrogen-bond acceptors (Lipinski definition) is 3. The quantitative estimate of drug-likeness (QED) is 0.831. The van der Waals surface area contributed by atoms with Crippen LogP contribution in [0.25, 0.3) is 11.1 Å². The number of benzene rings is 1. The summed E-state index contributed by atoms with van der Waals surface area (Å²) >= 11 is 6.01. The second-order valence-electron chi connectivity index (χ2n) is 7.45. The Morgan fingerprint density at radius 2 is 1.62 bits per heavy atom. The highest BCUT2D eigenvalue weighted by molar-refractivity contribution is 7.89. The normalized spacial score (nSPS) is 19.5. The molecule has 0 radical (unpaired) electrons. The fraction of sp³-hybridized carbons (Fsp3) is 0.350. The van der Waals surface area contributed by atoms with Gasteiger partial charge in [-0.25, -0.2) is 13.6 Å². The van der Waals surface area contributed by atoms with Gasteiger partial charge in [-0.1, -0.05) is 36.6 Å². The molecule has 4 rings (SSSR count). The Morgan fingerprint density at radius 3 is 2.19 bits per heavy atom. The SMILES string of the molecule is NS(=O)(=O)c1ccc(C2=C(c3ccc(Cl)cn3)CC3(CCCC3)C2)cc1. The minimum Gasteiger partial charge on any atom is -0.255 e.